The summed E-state index contributed by atoms with van der Waals surface area (Å²) in [6.45, 7) is 5.45. The minimum Gasteiger partial charge on any atom is -0.250 e. The van der Waals surface area contributed by atoms with Crippen LogP contribution in [0.5, 0.6) is 0 Å². The fourth-order valence-electron chi connectivity index (χ4n) is 2.72. The molecule has 2 heterocycles. The monoisotopic (exact) mass is 319 g/mol. The van der Waals surface area contributed by atoms with Crippen molar-refractivity contribution in [2.45, 2.75) is 26.9 Å². The fraction of sp³-hybridized carbons (Fsp3) is 0.294. The smallest absolute Gasteiger partial charge is 0.250 e. The maximum Gasteiger partial charge on any atom is 0.417 e. The van der Waals surface area contributed by atoms with Crippen molar-refractivity contribution in [2.75, 3.05) is 0 Å². The van der Waals surface area contributed by atoms with Gasteiger partial charge in [0.1, 0.15) is 0 Å². The van der Waals surface area contributed by atoms with Crippen LogP contribution in [0.2, 0.25) is 0 Å². The van der Waals surface area contributed by atoms with Gasteiger partial charge in [0.05, 0.1) is 22.3 Å². The molecule has 0 aliphatic carbocycles. The van der Waals surface area contributed by atoms with Gasteiger partial charge in [0.25, 0.3) is 0 Å². The van der Waals surface area contributed by atoms with Gasteiger partial charge in [-0.2, -0.15) is 18.3 Å². The van der Waals surface area contributed by atoms with Crippen molar-refractivity contribution in [3.63, 3.8) is 0 Å². The lowest BCUT2D eigenvalue weighted by molar-refractivity contribution is -0.136. The van der Waals surface area contributed by atoms with Crippen molar-refractivity contribution < 1.29 is 13.2 Å². The average molecular weight is 319 g/mol. The van der Waals surface area contributed by atoms with Gasteiger partial charge in [-0.05, 0) is 44.0 Å². The Morgan fingerprint density at radius 1 is 1.00 bits per heavy atom. The largest absolute Gasteiger partial charge is 0.417 e. The van der Waals surface area contributed by atoms with Gasteiger partial charge in [0.15, 0.2) is 5.65 Å². The number of halogens is 3. The minimum absolute atomic E-state index is 0.0626. The number of benzene rings is 1. The molecular weight excluding hydrogens is 303 g/mol. The highest BCUT2D eigenvalue weighted by Gasteiger charge is 2.35. The van der Waals surface area contributed by atoms with Crippen molar-refractivity contribution >= 4 is 11.0 Å². The fourth-order valence-corrected chi connectivity index (χ4v) is 2.72. The summed E-state index contributed by atoms with van der Waals surface area (Å²) in [6.07, 6.45) is -4.45. The molecule has 2 aromatic heterocycles. The maximum absolute atomic E-state index is 13.5. The second-order valence-corrected chi connectivity index (χ2v) is 5.76. The van der Waals surface area contributed by atoms with Crippen LogP contribution in [0.1, 0.15) is 22.4 Å². The first-order valence-electron chi connectivity index (χ1n) is 7.17. The summed E-state index contributed by atoms with van der Waals surface area (Å²) in [4.78, 5) is 4.41. The number of hydrogen-bond acceptors (Lipinski definition) is 2. The van der Waals surface area contributed by atoms with Gasteiger partial charge in [-0.25, -0.2) is 4.98 Å². The first-order chi connectivity index (χ1) is 10.7. The number of aryl methyl sites for hydroxylation is 4. The van der Waals surface area contributed by atoms with Crippen molar-refractivity contribution in [3.05, 3.63) is 46.6 Å². The second-order valence-electron chi connectivity index (χ2n) is 5.76. The molecule has 23 heavy (non-hydrogen) atoms. The van der Waals surface area contributed by atoms with Crippen molar-refractivity contribution in [2.24, 2.45) is 7.05 Å². The summed E-state index contributed by atoms with van der Waals surface area (Å²) < 4.78 is 41.8. The molecule has 0 aliphatic heterocycles. The number of alkyl halides is 3. The Balaban J connectivity index is 2.35. The van der Waals surface area contributed by atoms with Crippen LogP contribution in [-0.2, 0) is 13.2 Å². The summed E-state index contributed by atoms with van der Waals surface area (Å²) in [7, 11) is 1.60. The molecule has 0 atom stereocenters. The van der Waals surface area contributed by atoms with E-state index in [0.29, 0.717) is 17.0 Å². The molecule has 3 rings (SSSR count). The Kier molecular flexibility index (Phi) is 3.43. The average Bonchev–Trinajstić information content (AvgIpc) is 2.75. The number of pyridine rings is 1. The van der Waals surface area contributed by atoms with E-state index in [4.69, 9.17) is 0 Å². The molecule has 1 aromatic carbocycles. The number of aromatic nitrogens is 3. The molecule has 0 fully saturated rings. The van der Waals surface area contributed by atoms with E-state index in [-0.39, 0.29) is 11.0 Å². The third kappa shape index (κ3) is 2.58. The third-order valence-electron chi connectivity index (χ3n) is 4.08. The number of fused-ring (bicyclic) bond motifs is 1. The number of hydrogen-bond donors (Lipinski definition) is 0. The highest BCUT2D eigenvalue weighted by molar-refractivity contribution is 5.85. The first-order valence-corrected chi connectivity index (χ1v) is 7.17. The van der Waals surface area contributed by atoms with Gasteiger partial charge in [-0.1, -0.05) is 12.1 Å². The highest BCUT2D eigenvalue weighted by Crippen LogP contribution is 2.38. The van der Waals surface area contributed by atoms with Crippen LogP contribution in [0.15, 0.2) is 24.3 Å². The highest BCUT2D eigenvalue weighted by atomic mass is 19.4. The van der Waals surface area contributed by atoms with E-state index in [0.717, 1.165) is 17.2 Å². The van der Waals surface area contributed by atoms with Gasteiger partial charge in [0.2, 0.25) is 0 Å². The van der Waals surface area contributed by atoms with Crippen LogP contribution in [-0.4, -0.2) is 14.8 Å². The maximum atomic E-state index is 13.5. The lowest BCUT2D eigenvalue weighted by Crippen LogP contribution is -2.07. The predicted molar refractivity (Wildman–Crippen MR) is 83.2 cm³/mol. The lowest BCUT2D eigenvalue weighted by Gasteiger charge is -2.12. The second kappa shape index (κ2) is 5.08. The summed E-state index contributed by atoms with van der Waals surface area (Å²) in [5.74, 6) is 0. The molecule has 0 N–H and O–H groups in total. The Morgan fingerprint density at radius 2 is 1.70 bits per heavy atom. The van der Waals surface area contributed by atoms with Crippen LogP contribution >= 0.6 is 0 Å². The molecule has 0 unspecified atom stereocenters. The molecular formula is C17H16F3N3. The van der Waals surface area contributed by atoms with E-state index in [2.05, 4.69) is 10.1 Å². The molecule has 0 saturated carbocycles. The van der Waals surface area contributed by atoms with Crippen LogP contribution in [0.3, 0.4) is 0 Å². The SMILES string of the molecule is Cc1ccc(-c2cc(C(F)(F)F)c3c(C)nn(C)c3n2)cc1C. The van der Waals surface area contributed by atoms with E-state index in [1.165, 1.54) is 4.68 Å². The van der Waals surface area contributed by atoms with E-state index in [1.807, 2.05) is 26.0 Å². The van der Waals surface area contributed by atoms with Gasteiger partial charge in [-0.3, -0.25) is 4.68 Å². The van der Waals surface area contributed by atoms with Gasteiger partial charge in [0, 0.05) is 12.6 Å². The Hall–Kier alpha value is -2.37. The molecule has 120 valence electrons. The number of rotatable bonds is 1. The van der Waals surface area contributed by atoms with E-state index in [9.17, 15) is 13.2 Å². The molecule has 0 spiro atoms. The Labute approximate surface area is 131 Å². The summed E-state index contributed by atoms with van der Waals surface area (Å²) >= 11 is 0. The standard InChI is InChI=1S/C17H16F3N3/c1-9-5-6-12(7-10(9)2)14-8-13(17(18,19)20)15-11(3)22-23(4)16(15)21-14/h5-8H,1-4H3. The van der Waals surface area contributed by atoms with Crippen LogP contribution in [0.25, 0.3) is 22.3 Å². The van der Waals surface area contributed by atoms with E-state index >= 15 is 0 Å². The summed E-state index contributed by atoms with van der Waals surface area (Å²) in [6, 6.07) is 6.65. The van der Waals surface area contributed by atoms with Crippen molar-refractivity contribution in [1.82, 2.24) is 14.8 Å². The molecule has 6 heteroatoms. The summed E-state index contributed by atoms with van der Waals surface area (Å²) in [5.41, 5.74) is 2.94. The zero-order valence-electron chi connectivity index (χ0n) is 13.3. The first kappa shape index (κ1) is 15.5. The summed E-state index contributed by atoms with van der Waals surface area (Å²) in [5, 5.41) is 4.15. The van der Waals surface area contributed by atoms with Crippen molar-refractivity contribution in [3.8, 4) is 11.3 Å². The van der Waals surface area contributed by atoms with Crippen LogP contribution < -0.4 is 0 Å². The Bertz CT molecular complexity index is 908. The van der Waals surface area contributed by atoms with E-state index in [1.54, 1.807) is 20.0 Å². The van der Waals surface area contributed by atoms with Crippen molar-refractivity contribution in [1.29, 1.82) is 0 Å². The molecule has 0 amide bonds. The Morgan fingerprint density at radius 3 is 2.30 bits per heavy atom. The predicted octanol–water partition coefficient (Wildman–Crippen LogP) is 4.58. The van der Waals surface area contributed by atoms with Gasteiger partial charge in [-0.15, -0.1) is 0 Å². The topological polar surface area (TPSA) is 30.7 Å². The lowest BCUT2D eigenvalue weighted by atomic mass is 10.0. The molecule has 3 aromatic rings. The third-order valence-corrected chi connectivity index (χ3v) is 4.08. The van der Waals surface area contributed by atoms with E-state index < -0.39 is 11.7 Å². The zero-order valence-corrected chi connectivity index (χ0v) is 13.3. The minimum atomic E-state index is -4.45. The number of nitrogens with zero attached hydrogens (tertiary/aromatic N) is 3. The van der Waals surface area contributed by atoms with Gasteiger partial charge < -0.3 is 0 Å². The van der Waals surface area contributed by atoms with Crippen LogP contribution in [0.4, 0.5) is 13.2 Å². The van der Waals surface area contributed by atoms with Crippen LogP contribution in [0, 0.1) is 20.8 Å². The molecule has 0 radical (unpaired) electrons. The molecule has 0 bridgehead atoms. The molecule has 0 aliphatic rings. The normalized spacial score (nSPS) is 12.1. The molecule has 0 saturated heterocycles. The quantitative estimate of drug-likeness (QED) is 0.657. The zero-order chi connectivity index (χ0) is 16.9. The molecule has 3 nitrogen and oxygen atoms in total. The van der Waals surface area contributed by atoms with Gasteiger partial charge >= 0.3 is 6.18 Å².